The molecule has 0 aliphatic carbocycles. The van der Waals surface area contributed by atoms with Crippen molar-refractivity contribution < 1.29 is 4.79 Å². The maximum absolute atomic E-state index is 12.8. The highest BCUT2D eigenvalue weighted by atomic mass is 79.9. The highest BCUT2D eigenvalue weighted by Gasteiger charge is 2.22. The van der Waals surface area contributed by atoms with E-state index in [-0.39, 0.29) is 5.91 Å². The summed E-state index contributed by atoms with van der Waals surface area (Å²) < 4.78 is 0.841. The van der Waals surface area contributed by atoms with E-state index in [0.717, 1.165) is 43.4 Å². The third-order valence-electron chi connectivity index (χ3n) is 3.78. The molecule has 2 rings (SSSR count). The molecule has 1 heterocycles. The minimum atomic E-state index is 0.0698. The molecule has 0 saturated carbocycles. The Morgan fingerprint density at radius 3 is 2.90 bits per heavy atom. The van der Waals surface area contributed by atoms with Crippen LogP contribution in [0.2, 0.25) is 5.02 Å². The number of nitrogens with zero attached hydrogens (tertiary/aromatic N) is 1. The quantitative estimate of drug-likeness (QED) is 0.814. The third kappa shape index (κ3) is 4.97. The summed E-state index contributed by atoms with van der Waals surface area (Å²) in [7, 11) is 0. The molecule has 116 valence electrons. The van der Waals surface area contributed by atoms with E-state index in [0.29, 0.717) is 16.6 Å². The molecule has 1 aromatic rings. The molecule has 1 N–H and O–H groups in total. The highest BCUT2D eigenvalue weighted by molar-refractivity contribution is 9.10. The van der Waals surface area contributed by atoms with Crippen LogP contribution in [0.5, 0.6) is 0 Å². The van der Waals surface area contributed by atoms with Gasteiger partial charge >= 0.3 is 0 Å². The van der Waals surface area contributed by atoms with Gasteiger partial charge in [-0.1, -0.05) is 40.9 Å². The lowest BCUT2D eigenvalue weighted by molar-refractivity contribution is 0.0739. The molecule has 1 saturated heterocycles. The lowest BCUT2D eigenvalue weighted by Gasteiger charge is -2.26. The summed E-state index contributed by atoms with van der Waals surface area (Å²) >= 11 is 9.46. The number of halogens is 2. The molecule has 21 heavy (non-hydrogen) atoms. The van der Waals surface area contributed by atoms with Crippen LogP contribution in [-0.2, 0) is 0 Å². The first-order chi connectivity index (χ1) is 10.1. The Bertz CT molecular complexity index is 469. The van der Waals surface area contributed by atoms with Crippen molar-refractivity contribution in [3.05, 3.63) is 33.3 Å². The lowest BCUT2D eigenvalue weighted by atomic mass is 10.1. The fraction of sp³-hybridized carbons (Fsp3) is 0.562. The van der Waals surface area contributed by atoms with Gasteiger partial charge in [-0.15, -0.1) is 0 Å². The number of unbranched alkanes of at least 4 members (excludes halogenated alkanes) is 1. The Labute approximate surface area is 140 Å². The largest absolute Gasteiger partial charge is 0.337 e. The molecule has 1 aliphatic heterocycles. The molecule has 5 heteroatoms. The molecule has 1 amide bonds. The molecule has 0 aromatic heterocycles. The standard InChI is InChI=1S/C16H22BrClN2O/c1-2-3-7-20(11-15-5-4-6-19-15)16(21)12-8-13(17)10-14(18)9-12/h8-10,15,19H,2-7,11H2,1H3. The van der Waals surface area contributed by atoms with Gasteiger partial charge in [0, 0.05) is 34.2 Å². The summed E-state index contributed by atoms with van der Waals surface area (Å²) in [4.78, 5) is 14.7. The topological polar surface area (TPSA) is 32.3 Å². The fourth-order valence-corrected chi connectivity index (χ4v) is 3.52. The second-order valence-electron chi connectivity index (χ2n) is 5.56. The van der Waals surface area contributed by atoms with Crippen LogP contribution < -0.4 is 5.32 Å². The van der Waals surface area contributed by atoms with E-state index in [1.165, 1.54) is 6.42 Å². The number of hydrogen-bond acceptors (Lipinski definition) is 2. The van der Waals surface area contributed by atoms with Gasteiger partial charge in [0.05, 0.1) is 0 Å². The number of nitrogens with one attached hydrogen (secondary N) is 1. The van der Waals surface area contributed by atoms with E-state index in [1.807, 2.05) is 11.0 Å². The summed E-state index contributed by atoms with van der Waals surface area (Å²) in [5.74, 6) is 0.0698. The van der Waals surface area contributed by atoms with Crippen LogP contribution in [0, 0.1) is 0 Å². The van der Waals surface area contributed by atoms with Crippen LogP contribution in [0.3, 0.4) is 0 Å². The van der Waals surface area contributed by atoms with Gasteiger partial charge in [0.25, 0.3) is 5.91 Å². The van der Waals surface area contributed by atoms with E-state index in [1.54, 1.807) is 12.1 Å². The number of carbonyl (C=O) groups is 1. The first-order valence-electron chi connectivity index (χ1n) is 7.59. The van der Waals surface area contributed by atoms with Crippen LogP contribution in [0.4, 0.5) is 0 Å². The minimum Gasteiger partial charge on any atom is -0.337 e. The van der Waals surface area contributed by atoms with E-state index in [4.69, 9.17) is 11.6 Å². The summed E-state index contributed by atoms with van der Waals surface area (Å²) in [5.41, 5.74) is 0.656. The molecular weight excluding hydrogens is 352 g/mol. The molecule has 3 nitrogen and oxygen atoms in total. The summed E-state index contributed by atoms with van der Waals surface area (Å²) in [6, 6.07) is 5.81. The third-order valence-corrected chi connectivity index (χ3v) is 4.46. The molecule has 1 aliphatic rings. The second kappa shape index (κ2) is 8.16. The molecule has 1 atom stereocenters. The second-order valence-corrected chi connectivity index (χ2v) is 6.91. The van der Waals surface area contributed by atoms with Crippen LogP contribution in [-0.4, -0.2) is 36.5 Å². The Hall–Kier alpha value is -0.580. The van der Waals surface area contributed by atoms with Crippen molar-refractivity contribution in [2.45, 2.75) is 38.6 Å². The van der Waals surface area contributed by atoms with Crippen molar-refractivity contribution in [3.8, 4) is 0 Å². The van der Waals surface area contributed by atoms with Crippen molar-refractivity contribution in [1.82, 2.24) is 10.2 Å². The zero-order valence-corrected chi connectivity index (χ0v) is 14.7. The number of rotatable bonds is 6. The van der Waals surface area contributed by atoms with Crippen molar-refractivity contribution in [3.63, 3.8) is 0 Å². The van der Waals surface area contributed by atoms with Gasteiger partial charge in [-0.3, -0.25) is 4.79 Å². The molecule has 0 bridgehead atoms. The van der Waals surface area contributed by atoms with Crippen LogP contribution in [0.25, 0.3) is 0 Å². The number of hydrogen-bond donors (Lipinski definition) is 1. The SMILES string of the molecule is CCCCN(CC1CCCN1)C(=O)c1cc(Cl)cc(Br)c1. The number of benzene rings is 1. The van der Waals surface area contributed by atoms with E-state index in [9.17, 15) is 4.79 Å². The first-order valence-corrected chi connectivity index (χ1v) is 8.76. The minimum absolute atomic E-state index is 0.0698. The summed E-state index contributed by atoms with van der Waals surface area (Å²) in [6.45, 7) is 4.79. The molecule has 0 radical (unpaired) electrons. The lowest BCUT2D eigenvalue weighted by Crippen LogP contribution is -2.41. The number of carbonyl (C=O) groups excluding carboxylic acids is 1. The van der Waals surface area contributed by atoms with Crippen molar-refractivity contribution in [2.75, 3.05) is 19.6 Å². The van der Waals surface area contributed by atoms with Crippen molar-refractivity contribution in [2.24, 2.45) is 0 Å². The van der Waals surface area contributed by atoms with Gasteiger partial charge in [0.15, 0.2) is 0 Å². The van der Waals surface area contributed by atoms with Crippen molar-refractivity contribution >= 4 is 33.4 Å². The monoisotopic (exact) mass is 372 g/mol. The zero-order valence-electron chi connectivity index (χ0n) is 12.4. The molecule has 1 unspecified atom stereocenters. The van der Waals surface area contributed by atoms with E-state index in [2.05, 4.69) is 28.2 Å². The van der Waals surface area contributed by atoms with E-state index < -0.39 is 0 Å². The van der Waals surface area contributed by atoms with Crippen LogP contribution in [0.1, 0.15) is 43.0 Å². The van der Waals surface area contributed by atoms with E-state index >= 15 is 0 Å². The van der Waals surface area contributed by atoms with Crippen LogP contribution >= 0.6 is 27.5 Å². The van der Waals surface area contributed by atoms with Gasteiger partial charge < -0.3 is 10.2 Å². The maximum Gasteiger partial charge on any atom is 0.253 e. The Balaban J connectivity index is 2.11. The zero-order chi connectivity index (χ0) is 15.2. The maximum atomic E-state index is 12.8. The predicted molar refractivity (Wildman–Crippen MR) is 91.0 cm³/mol. The molecule has 1 fully saturated rings. The number of amides is 1. The molecule has 1 aromatic carbocycles. The van der Waals surface area contributed by atoms with Gasteiger partial charge in [0.2, 0.25) is 0 Å². The average Bonchev–Trinajstić information content (AvgIpc) is 2.94. The molecule has 0 spiro atoms. The van der Waals surface area contributed by atoms with Gasteiger partial charge in [-0.05, 0) is 44.0 Å². The van der Waals surface area contributed by atoms with Crippen molar-refractivity contribution in [1.29, 1.82) is 0 Å². The average molecular weight is 374 g/mol. The predicted octanol–water partition coefficient (Wildman–Crippen LogP) is 4.10. The smallest absolute Gasteiger partial charge is 0.253 e. The van der Waals surface area contributed by atoms with Gasteiger partial charge in [0.1, 0.15) is 0 Å². The highest BCUT2D eigenvalue weighted by Crippen LogP contribution is 2.21. The Morgan fingerprint density at radius 2 is 2.29 bits per heavy atom. The normalized spacial score (nSPS) is 18.0. The van der Waals surface area contributed by atoms with Gasteiger partial charge in [-0.25, -0.2) is 0 Å². The Morgan fingerprint density at radius 1 is 1.48 bits per heavy atom. The summed E-state index contributed by atoms with van der Waals surface area (Å²) in [5, 5.41) is 4.05. The van der Waals surface area contributed by atoms with Crippen LogP contribution in [0.15, 0.2) is 22.7 Å². The fourth-order valence-electron chi connectivity index (χ4n) is 2.66. The molecular formula is C16H22BrClN2O. The Kier molecular flexibility index (Phi) is 6.52. The van der Waals surface area contributed by atoms with Gasteiger partial charge in [-0.2, -0.15) is 0 Å². The summed E-state index contributed by atoms with van der Waals surface area (Å²) in [6.07, 6.45) is 4.46. The first kappa shape index (κ1) is 16.8.